The van der Waals surface area contributed by atoms with Crippen LogP contribution in [0.5, 0.6) is 11.5 Å². The molecule has 5 aromatic carbocycles. The molecule has 6 nitrogen and oxygen atoms in total. The molecule has 0 saturated carbocycles. The number of hydrogen-bond donors (Lipinski definition) is 0. The maximum absolute atomic E-state index is 13.7. The van der Waals surface area contributed by atoms with Crippen LogP contribution < -0.4 is 9.47 Å². The number of aryl methyl sites for hydroxylation is 2. The van der Waals surface area contributed by atoms with Crippen LogP contribution in [-0.2, 0) is 21.6 Å². The first kappa shape index (κ1) is 36.3. The van der Waals surface area contributed by atoms with E-state index in [2.05, 4.69) is 31.9 Å². The first-order valence-electron chi connectivity index (χ1n) is 16.9. The second kappa shape index (κ2) is 14.6. The maximum atomic E-state index is 13.7. The van der Waals surface area contributed by atoms with Gasteiger partial charge < -0.3 is 14.2 Å². The van der Waals surface area contributed by atoms with Crippen molar-refractivity contribution in [1.82, 2.24) is 0 Å². The topological polar surface area (TPSA) is 78.9 Å². The summed E-state index contributed by atoms with van der Waals surface area (Å²) in [5.41, 5.74) is 5.74. The molecule has 1 atom stereocenters. The molecule has 1 aliphatic rings. The Hall–Kier alpha value is -4.53. The first-order valence-corrected chi connectivity index (χ1v) is 18.4. The number of ether oxygens (including phenoxy) is 3. The third kappa shape index (κ3) is 6.91. The molecule has 0 saturated heterocycles. The standard InChI is InChI=1S/C43H38Br2O6/c1-24(2)31-22-34(26(5)19-38(31)49-40(46)21-28-13-7-11-17-36(28)44)43(33-16-10-8-14-29(33)42(48)51-43)35-23-32(25(3)4)39(20-27(35)6)50-41(47)30-15-9-12-18-37(30)45/h7-20,22-25H,21H2,1-6H3/t43-/m1/s1. The fraction of sp³-hybridized carbons (Fsp3) is 0.233. The van der Waals surface area contributed by atoms with E-state index in [1.807, 2.05) is 114 Å². The molecule has 0 spiro atoms. The fourth-order valence-electron chi connectivity index (χ4n) is 6.73. The van der Waals surface area contributed by atoms with Gasteiger partial charge in [0.25, 0.3) is 0 Å². The van der Waals surface area contributed by atoms with Crippen LogP contribution in [0.25, 0.3) is 0 Å². The minimum atomic E-state index is -1.34. The van der Waals surface area contributed by atoms with E-state index in [1.54, 1.807) is 24.3 Å². The minimum Gasteiger partial charge on any atom is -0.441 e. The van der Waals surface area contributed by atoms with E-state index < -0.39 is 17.5 Å². The first-order chi connectivity index (χ1) is 24.3. The van der Waals surface area contributed by atoms with Gasteiger partial charge in [0.1, 0.15) is 11.5 Å². The van der Waals surface area contributed by atoms with Gasteiger partial charge in [0, 0.05) is 25.6 Å². The highest BCUT2D eigenvalue weighted by Crippen LogP contribution is 2.51. The Balaban J connectivity index is 1.51. The van der Waals surface area contributed by atoms with Gasteiger partial charge in [-0.1, -0.05) is 92.2 Å². The van der Waals surface area contributed by atoms with Crippen LogP contribution in [0.1, 0.15) is 105 Å². The predicted octanol–water partition coefficient (Wildman–Crippen LogP) is 10.9. The van der Waals surface area contributed by atoms with Gasteiger partial charge in [-0.05, 0) is 118 Å². The van der Waals surface area contributed by atoms with Gasteiger partial charge in [-0.3, -0.25) is 4.79 Å². The molecule has 0 aliphatic carbocycles. The number of benzene rings is 5. The zero-order valence-corrected chi connectivity index (χ0v) is 32.5. The summed E-state index contributed by atoms with van der Waals surface area (Å²) in [4.78, 5) is 40.4. The quantitative estimate of drug-likeness (QED) is 0.109. The summed E-state index contributed by atoms with van der Waals surface area (Å²) < 4.78 is 20.2. The minimum absolute atomic E-state index is 0.0357. The number of fused-ring (bicyclic) bond motifs is 1. The smallest absolute Gasteiger partial charge is 0.344 e. The van der Waals surface area contributed by atoms with Crippen LogP contribution >= 0.6 is 31.9 Å². The van der Waals surface area contributed by atoms with Gasteiger partial charge >= 0.3 is 17.9 Å². The van der Waals surface area contributed by atoms with Crippen LogP contribution in [-0.4, -0.2) is 17.9 Å². The number of carbonyl (C=O) groups excluding carboxylic acids is 3. The summed E-state index contributed by atoms with van der Waals surface area (Å²) in [5, 5.41) is 0. The summed E-state index contributed by atoms with van der Waals surface area (Å²) in [7, 11) is 0. The molecule has 5 aromatic rings. The summed E-state index contributed by atoms with van der Waals surface area (Å²) in [5.74, 6) is -0.480. The van der Waals surface area contributed by atoms with Crippen LogP contribution in [0.2, 0.25) is 0 Å². The van der Waals surface area contributed by atoms with E-state index in [-0.39, 0.29) is 24.2 Å². The van der Waals surface area contributed by atoms with Gasteiger partial charge in [0.05, 0.1) is 17.5 Å². The summed E-state index contributed by atoms with van der Waals surface area (Å²) in [6.07, 6.45) is 0.101. The third-order valence-corrected chi connectivity index (χ3v) is 10.8. The number of rotatable bonds is 9. The monoisotopic (exact) mass is 808 g/mol. The Morgan fingerprint density at radius 3 is 1.80 bits per heavy atom. The molecular weight excluding hydrogens is 772 g/mol. The molecule has 51 heavy (non-hydrogen) atoms. The number of halogens is 2. The normalized spacial score (nSPS) is 15.1. The third-order valence-electron chi connectivity index (χ3n) is 9.30. The number of esters is 3. The Labute approximate surface area is 315 Å². The lowest BCUT2D eigenvalue weighted by atomic mass is 9.74. The molecule has 8 heteroatoms. The maximum Gasteiger partial charge on any atom is 0.344 e. The van der Waals surface area contributed by atoms with Gasteiger partial charge in [-0.2, -0.15) is 0 Å². The van der Waals surface area contributed by atoms with Crippen molar-refractivity contribution in [2.24, 2.45) is 0 Å². The summed E-state index contributed by atoms with van der Waals surface area (Å²) in [6.45, 7) is 12.0. The van der Waals surface area contributed by atoms with Crippen molar-refractivity contribution in [3.63, 3.8) is 0 Å². The second-order valence-electron chi connectivity index (χ2n) is 13.4. The van der Waals surface area contributed by atoms with Crippen molar-refractivity contribution in [3.8, 4) is 11.5 Å². The highest BCUT2D eigenvalue weighted by molar-refractivity contribution is 9.10. The number of hydrogen-bond acceptors (Lipinski definition) is 6. The lowest BCUT2D eigenvalue weighted by Crippen LogP contribution is -2.32. The molecule has 0 N–H and O–H groups in total. The van der Waals surface area contributed by atoms with Crippen LogP contribution in [0, 0.1) is 13.8 Å². The van der Waals surface area contributed by atoms with E-state index in [9.17, 15) is 14.4 Å². The number of cyclic esters (lactones) is 1. The highest BCUT2D eigenvalue weighted by Gasteiger charge is 2.50. The van der Waals surface area contributed by atoms with Gasteiger partial charge in [-0.25, -0.2) is 9.59 Å². The van der Waals surface area contributed by atoms with Crippen molar-refractivity contribution >= 4 is 49.8 Å². The molecule has 0 bridgehead atoms. The second-order valence-corrected chi connectivity index (χ2v) is 15.2. The van der Waals surface area contributed by atoms with E-state index in [0.717, 1.165) is 43.4 Å². The van der Waals surface area contributed by atoms with E-state index in [0.29, 0.717) is 32.7 Å². The van der Waals surface area contributed by atoms with Crippen molar-refractivity contribution in [3.05, 3.63) is 162 Å². The lowest BCUT2D eigenvalue weighted by Gasteiger charge is -2.34. The summed E-state index contributed by atoms with van der Waals surface area (Å²) >= 11 is 6.99. The average molecular weight is 811 g/mol. The van der Waals surface area contributed by atoms with Crippen LogP contribution in [0.3, 0.4) is 0 Å². The Kier molecular flexibility index (Phi) is 10.4. The molecular formula is C43H38Br2O6. The lowest BCUT2D eigenvalue weighted by molar-refractivity contribution is -0.133. The molecule has 0 radical (unpaired) electrons. The van der Waals surface area contributed by atoms with Crippen molar-refractivity contribution in [1.29, 1.82) is 0 Å². The average Bonchev–Trinajstić information content (AvgIpc) is 3.38. The SMILES string of the molecule is Cc1cc(OC(=O)Cc2ccccc2Br)c(C(C)C)cc1[C@]1(c2cc(C(C)C)c(OC(=O)c3ccccc3Br)cc2C)OC(=O)c2ccccc21. The van der Waals surface area contributed by atoms with E-state index in [4.69, 9.17) is 14.2 Å². The van der Waals surface area contributed by atoms with Crippen molar-refractivity contribution < 1.29 is 28.6 Å². The van der Waals surface area contributed by atoms with Crippen LogP contribution in [0.4, 0.5) is 0 Å². The zero-order valence-electron chi connectivity index (χ0n) is 29.3. The number of carbonyl (C=O) groups is 3. The molecule has 0 fully saturated rings. The molecule has 0 amide bonds. The molecule has 1 heterocycles. The summed E-state index contributed by atoms with van der Waals surface area (Å²) in [6, 6.07) is 29.9. The molecule has 0 aromatic heterocycles. The van der Waals surface area contributed by atoms with Crippen LogP contribution in [0.15, 0.2) is 106 Å². The van der Waals surface area contributed by atoms with E-state index >= 15 is 0 Å². The Bertz CT molecular complexity index is 2190. The molecule has 260 valence electrons. The van der Waals surface area contributed by atoms with Gasteiger partial charge in [0.2, 0.25) is 0 Å². The van der Waals surface area contributed by atoms with Gasteiger partial charge in [-0.15, -0.1) is 0 Å². The van der Waals surface area contributed by atoms with Crippen molar-refractivity contribution in [2.45, 2.75) is 65.4 Å². The molecule has 1 aliphatic heterocycles. The zero-order chi connectivity index (χ0) is 36.6. The molecule has 6 rings (SSSR count). The molecule has 0 unspecified atom stereocenters. The van der Waals surface area contributed by atoms with Crippen molar-refractivity contribution in [2.75, 3.05) is 0 Å². The predicted molar refractivity (Wildman–Crippen MR) is 205 cm³/mol. The largest absolute Gasteiger partial charge is 0.441 e. The fourth-order valence-corrected chi connectivity index (χ4v) is 7.61. The highest BCUT2D eigenvalue weighted by atomic mass is 79.9. The Morgan fingerprint density at radius 1 is 0.686 bits per heavy atom. The Morgan fingerprint density at radius 2 is 1.22 bits per heavy atom. The van der Waals surface area contributed by atoms with E-state index in [1.165, 1.54) is 0 Å². The van der Waals surface area contributed by atoms with Gasteiger partial charge in [0.15, 0.2) is 5.60 Å².